The van der Waals surface area contributed by atoms with Crippen molar-refractivity contribution in [1.29, 1.82) is 0 Å². The number of fused-ring (bicyclic) bond motifs is 1. The molecular weight excluding hydrogens is 584 g/mol. The third kappa shape index (κ3) is 5.05. The zero-order chi connectivity index (χ0) is 33.9. The van der Waals surface area contributed by atoms with Crippen molar-refractivity contribution in [2.75, 3.05) is 0 Å². The molecular formula is C38H46O8. The molecule has 4 bridgehead atoms. The number of hydrogen-bond acceptors (Lipinski definition) is 7. The first-order valence-electron chi connectivity index (χ1n) is 16.1. The highest BCUT2D eigenvalue weighted by atomic mass is 16.6. The maximum absolute atomic E-state index is 14.7. The van der Waals surface area contributed by atoms with Crippen LogP contribution in [0, 0.1) is 11.8 Å². The van der Waals surface area contributed by atoms with E-state index in [4.69, 9.17) is 9.47 Å². The molecule has 0 aromatic heterocycles. The maximum Gasteiger partial charge on any atom is 0.330 e. The fraction of sp³-hybridized carbons (Fsp3) is 0.500. The molecule has 8 heteroatoms. The Kier molecular flexibility index (Phi) is 8.52. The average molecular weight is 631 g/mol. The molecule has 46 heavy (non-hydrogen) atoms. The highest BCUT2D eigenvalue weighted by Gasteiger charge is 2.81. The van der Waals surface area contributed by atoms with Gasteiger partial charge in [0.15, 0.2) is 22.8 Å². The minimum absolute atomic E-state index is 0.0259. The van der Waals surface area contributed by atoms with Crippen molar-refractivity contribution in [3.8, 4) is 17.2 Å². The van der Waals surface area contributed by atoms with Gasteiger partial charge >= 0.3 is 5.97 Å². The van der Waals surface area contributed by atoms with Crippen molar-refractivity contribution in [2.45, 2.75) is 111 Å². The lowest BCUT2D eigenvalue weighted by molar-refractivity contribution is -0.171. The number of aromatic hydroxyl groups is 2. The second-order valence-corrected chi connectivity index (χ2v) is 14.4. The minimum atomic E-state index is -1.67. The number of allylic oxidation sites excluding steroid dienone is 7. The predicted molar refractivity (Wildman–Crippen MR) is 175 cm³/mol. The molecule has 0 radical (unpaired) electrons. The van der Waals surface area contributed by atoms with Crippen LogP contribution in [-0.2, 0) is 27.2 Å². The Labute approximate surface area is 271 Å². The third-order valence-corrected chi connectivity index (χ3v) is 10.2. The first kappa shape index (κ1) is 33.5. The maximum atomic E-state index is 14.7. The van der Waals surface area contributed by atoms with Crippen LogP contribution >= 0.6 is 0 Å². The van der Waals surface area contributed by atoms with Gasteiger partial charge in [-0.1, -0.05) is 47.1 Å². The molecule has 3 aliphatic carbocycles. The number of carbonyl (C=O) groups is 3. The van der Waals surface area contributed by atoms with E-state index >= 15 is 0 Å². The third-order valence-electron chi connectivity index (χ3n) is 10.2. The average Bonchev–Trinajstić information content (AvgIpc) is 3.12. The summed E-state index contributed by atoms with van der Waals surface area (Å²) in [5.41, 5.74) is 0.0623. The quantitative estimate of drug-likeness (QED) is 0.182. The van der Waals surface area contributed by atoms with Crippen LogP contribution in [0.3, 0.4) is 0 Å². The van der Waals surface area contributed by atoms with Gasteiger partial charge in [0.1, 0.15) is 22.8 Å². The lowest BCUT2D eigenvalue weighted by atomic mass is 9.51. The summed E-state index contributed by atoms with van der Waals surface area (Å²) in [5.74, 6) is -3.33. The Hall–Kier alpha value is -3.91. The Balaban J connectivity index is 1.71. The normalized spacial score (nSPS) is 27.4. The van der Waals surface area contributed by atoms with Gasteiger partial charge < -0.3 is 24.8 Å². The summed E-state index contributed by atoms with van der Waals surface area (Å²) in [6.45, 7) is 15.2. The van der Waals surface area contributed by atoms with E-state index in [-0.39, 0.29) is 64.6 Å². The molecule has 3 N–H and O–H groups in total. The topological polar surface area (TPSA) is 130 Å². The van der Waals surface area contributed by atoms with Crippen molar-refractivity contribution < 1.29 is 39.2 Å². The smallest absolute Gasteiger partial charge is 0.330 e. The Morgan fingerprint density at radius 1 is 0.935 bits per heavy atom. The fourth-order valence-corrected chi connectivity index (χ4v) is 7.80. The first-order chi connectivity index (χ1) is 21.5. The molecule has 2 aliphatic heterocycles. The molecule has 1 spiro atoms. The van der Waals surface area contributed by atoms with E-state index in [2.05, 4.69) is 19.9 Å². The van der Waals surface area contributed by atoms with Crippen molar-refractivity contribution in [2.24, 2.45) is 11.8 Å². The van der Waals surface area contributed by atoms with Gasteiger partial charge in [-0.25, -0.2) is 4.79 Å². The number of ketones is 2. The van der Waals surface area contributed by atoms with E-state index in [9.17, 15) is 29.7 Å². The molecule has 246 valence electrons. The fourth-order valence-electron chi connectivity index (χ4n) is 7.80. The molecule has 1 saturated heterocycles. The Bertz CT molecular complexity index is 1670. The van der Waals surface area contributed by atoms with Gasteiger partial charge in [-0.2, -0.15) is 0 Å². The standard InChI is InChI=1S/C38H46O8/c1-20(2)10-9-11-22(5)13-15-25-30(39)26(14-12-21(3)4)33-29(31(25)40)32(41)27-18-24-19-28-36(7,8)46-37(34(24)42,38(27,28)45-33)17-16-23(6)35(43)44/h10,12-13,16,18,24,28,39-40H,9,11,14-15,17,19H2,1-8H3,(H,43,44)/b22-13+,23-16-/t24-,28+,37+,38-/m0/s1. The molecule has 2 heterocycles. The summed E-state index contributed by atoms with van der Waals surface area (Å²) in [6.07, 6.45) is 11.6. The summed E-state index contributed by atoms with van der Waals surface area (Å²) in [6, 6.07) is 0. The van der Waals surface area contributed by atoms with Gasteiger partial charge in [-0.05, 0) is 87.5 Å². The molecule has 5 aliphatic rings. The molecule has 0 amide bonds. The molecule has 1 aromatic rings. The Morgan fingerprint density at radius 3 is 2.22 bits per heavy atom. The van der Waals surface area contributed by atoms with Gasteiger partial charge in [0, 0.05) is 40.5 Å². The number of Topliss-reactive ketones (excluding diaryl/α,β-unsaturated/α-hetero) is 2. The number of phenols is 2. The molecule has 0 unspecified atom stereocenters. The van der Waals surface area contributed by atoms with Gasteiger partial charge in [0.25, 0.3) is 0 Å². The Morgan fingerprint density at radius 2 is 1.59 bits per heavy atom. The van der Waals surface area contributed by atoms with Gasteiger partial charge in [0.05, 0.1) is 5.60 Å². The van der Waals surface area contributed by atoms with E-state index in [1.54, 1.807) is 6.08 Å². The highest BCUT2D eigenvalue weighted by Crippen LogP contribution is 2.68. The molecule has 1 aromatic carbocycles. The van der Waals surface area contributed by atoms with Gasteiger partial charge in [-0.15, -0.1) is 0 Å². The number of phenolic OH excluding ortho intramolecular Hbond substituents is 2. The van der Waals surface area contributed by atoms with Crippen LogP contribution in [-0.4, -0.2) is 49.7 Å². The first-order valence-corrected chi connectivity index (χ1v) is 16.1. The van der Waals surface area contributed by atoms with Crippen molar-refractivity contribution in [3.63, 3.8) is 0 Å². The number of ether oxygens (including phenoxy) is 2. The lowest BCUT2D eigenvalue weighted by Crippen LogP contribution is -2.72. The van der Waals surface area contributed by atoms with E-state index in [0.29, 0.717) is 12.0 Å². The van der Waals surface area contributed by atoms with Crippen molar-refractivity contribution >= 4 is 17.5 Å². The van der Waals surface area contributed by atoms with Crippen molar-refractivity contribution in [1.82, 2.24) is 0 Å². The largest absolute Gasteiger partial charge is 0.507 e. The van der Waals surface area contributed by atoms with E-state index < -0.39 is 40.4 Å². The monoisotopic (exact) mass is 630 g/mol. The van der Waals surface area contributed by atoms with Crippen LogP contribution in [0.15, 0.2) is 58.2 Å². The SMILES string of the molecule is CC(C)=CCC/C(C)=C/Cc1c(O)c(CC=C(C)C)c2c(c1O)C(=O)C1=C[C@H]3C[C@@H]4C(C)(C)O[C@](C/C=C(/C)C(=O)O)(C3=O)[C@]14O2. The number of aliphatic carboxylic acids is 1. The van der Waals surface area contributed by atoms with Crippen LogP contribution in [0.5, 0.6) is 17.2 Å². The summed E-state index contributed by atoms with van der Waals surface area (Å²) in [4.78, 5) is 40.6. The van der Waals surface area contributed by atoms with E-state index in [0.717, 1.165) is 24.0 Å². The number of rotatable bonds is 10. The summed E-state index contributed by atoms with van der Waals surface area (Å²) < 4.78 is 13.6. The van der Waals surface area contributed by atoms with Crippen LogP contribution < -0.4 is 4.74 Å². The van der Waals surface area contributed by atoms with Crippen LogP contribution in [0.4, 0.5) is 0 Å². The van der Waals surface area contributed by atoms with Gasteiger partial charge in [-0.3, -0.25) is 9.59 Å². The van der Waals surface area contributed by atoms with Gasteiger partial charge in [0.2, 0.25) is 0 Å². The lowest BCUT2D eigenvalue weighted by Gasteiger charge is -2.56. The molecule has 6 rings (SSSR count). The molecule has 4 atom stereocenters. The van der Waals surface area contributed by atoms with Crippen LogP contribution in [0.1, 0.15) is 103 Å². The number of carboxylic acids is 1. The zero-order valence-electron chi connectivity index (χ0n) is 28.2. The van der Waals surface area contributed by atoms with Crippen molar-refractivity contribution in [3.05, 3.63) is 74.9 Å². The second-order valence-electron chi connectivity index (χ2n) is 14.4. The summed E-state index contributed by atoms with van der Waals surface area (Å²) in [7, 11) is 0. The molecule has 2 fully saturated rings. The van der Waals surface area contributed by atoms with Crippen LogP contribution in [0.2, 0.25) is 0 Å². The minimum Gasteiger partial charge on any atom is -0.507 e. The second kappa shape index (κ2) is 11.7. The predicted octanol–water partition coefficient (Wildman–Crippen LogP) is 7.27. The summed E-state index contributed by atoms with van der Waals surface area (Å²) in [5, 5.41) is 33.0. The van der Waals surface area contributed by atoms with Crippen LogP contribution in [0.25, 0.3) is 0 Å². The van der Waals surface area contributed by atoms with E-state index in [1.165, 1.54) is 18.6 Å². The highest BCUT2D eigenvalue weighted by molar-refractivity contribution is 6.18. The number of carboxylic acid groups (broad SMARTS) is 1. The van der Waals surface area contributed by atoms with E-state index in [1.807, 2.05) is 46.8 Å². The summed E-state index contributed by atoms with van der Waals surface area (Å²) >= 11 is 0. The number of benzene rings is 1. The number of carbonyl (C=O) groups excluding carboxylic acids is 2. The zero-order valence-corrected chi connectivity index (χ0v) is 28.2. The molecule has 8 nitrogen and oxygen atoms in total. The molecule has 1 saturated carbocycles. The number of hydrogen-bond donors (Lipinski definition) is 3.